The second-order valence-electron chi connectivity index (χ2n) is 3.80. The Hall–Kier alpha value is -1.01. The van der Waals surface area contributed by atoms with Gasteiger partial charge in [-0.15, -0.1) is 0 Å². The van der Waals surface area contributed by atoms with Crippen molar-refractivity contribution in [3.63, 3.8) is 0 Å². The minimum atomic E-state index is -0.303. The Morgan fingerprint density at radius 2 is 2.47 bits per heavy atom. The van der Waals surface area contributed by atoms with Crippen LogP contribution in [0.3, 0.4) is 0 Å². The summed E-state index contributed by atoms with van der Waals surface area (Å²) < 4.78 is 5.20. The van der Waals surface area contributed by atoms with Crippen molar-refractivity contribution in [3.05, 3.63) is 12.0 Å². The number of carbonyl (C=O) groups excluding carboxylic acids is 1. The lowest BCUT2D eigenvalue weighted by Crippen LogP contribution is -2.41. The van der Waals surface area contributed by atoms with E-state index in [1.165, 1.54) is 11.8 Å². The molecule has 0 aliphatic rings. The summed E-state index contributed by atoms with van der Waals surface area (Å²) in [6, 6.07) is -0.265. The van der Waals surface area contributed by atoms with Gasteiger partial charge in [0.2, 0.25) is 5.91 Å². The first-order chi connectivity index (χ1) is 8.13. The number of nitrogens with zero attached hydrogens (tertiary/aromatic N) is 1. The predicted octanol–water partition coefficient (Wildman–Crippen LogP) is 1.32. The van der Waals surface area contributed by atoms with Crippen LogP contribution in [0.5, 0.6) is 0 Å². The fourth-order valence-corrected chi connectivity index (χ4v) is 2.18. The molecule has 1 atom stereocenters. The zero-order valence-electron chi connectivity index (χ0n) is 10.2. The highest BCUT2D eigenvalue weighted by Crippen LogP contribution is 2.18. The zero-order chi connectivity index (χ0) is 12.7. The van der Waals surface area contributed by atoms with Gasteiger partial charge in [0.1, 0.15) is 6.26 Å². The van der Waals surface area contributed by atoms with E-state index in [1.54, 1.807) is 6.26 Å². The van der Waals surface area contributed by atoms with Crippen LogP contribution in [0, 0.1) is 6.92 Å². The molecule has 0 saturated carbocycles. The van der Waals surface area contributed by atoms with Crippen LogP contribution in [-0.4, -0.2) is 29.2 Å². The fraction of sp³-hybridized carbons (Fsp3) is 0.636. The Balaban J connectivity index is 2.29. The first kappa shape index (κ1) is 14.1. The van der Waals surface area contributed by atoms with Crippen molar-refractivity contribution in [1.82, 2.24) is 10.3 Å². The molecule has 96 valence electrons. The molecule has 0 aliphatic heterocycles. The molecule has 0 aliphatic carbocycles. The molecule has 0 fully saturated rings. The Kier molecular flexibility index (Phi) is 6.07. The maximum atomic E-state index is 11.2. The van der Waals surface area contributed by atoms with Gasteiger partial charge in [0.15, 0.2) is 0 Å². The smallest absolute Gasteiger partial charge is 0.255 e. The average molecular weight is 257 g/mol. The maximum absolute atomic E-state index is 11.2. The van der Waals surface area contributed by atoms with Crippen molar-refractivity contribution >= 4 is 17.7 Å². The van der Waals surface area contributed by atoms with E-state index >= 15 is 0 Å². The van der Waals surface area contributed by atoms with Gasteiger partial charge in [-0.1, -0.05) is 18.7 Å². The molecule has 5 nitrogen and oxygen atoms in total. The van der Waals surface area contributed by atoms with Crippen molar-refractivity contribution < 1.29 is 9.21 Å². The van der Waals surface area contributed by atoms with Crippen molar-refractivity contribution in [2.75, 3.05) is 12.3 Å². The molecule has 1 aromatic rings. The summed E-state index contributed by atoms with van der Waals surface area (Å²) in [6.45, 7) is 4.73. The summed E-state index contributed by atoms with van der Waals surface area (Å²) in [4.78, 5) is 15.3. The highest BCUT2D eigenvalue weighted by atomic mass is 32.2. The van der Waals surface area contributed by atoms with Crippen molar-refractivity contribution in [2.45, 2.75) is 38.0 Å². The normalized spacial score (nSPS) is 12.6. The summed E-state index contributed by atoms with van der Waals surface area (Å²) in [5, 5.41) is 3.76. The number of hydrogen-bond donors (Lipinski definition) is 2. The monoisotopic (exact) mass is 257 g/mol. The molecule has 1 amide bonds. The molecule has 1 rings (SSSR count). The van der Waals surface area contributed by atoms with Gasteiger partial charge >= 0.3 is 0 Å². The molecule has 0 radical (unpaired) electrons. The molecule has 6 heteroatoms. The molecule has 0 spiro atoms. The van der Waals surface area contributed by atoms with Crippen LogP contribution < -0.4 is 11.1 Å². The predicted molar refractivity (Wildman–Crippen MR) is 67.9 cm³/mol. The van der Waals surface area contributed by atoms with E-state index in [0.29, 0.717) is 11.6 Å². The summed E-state index contributed by atoms with van der Waals surface area (Å²) in [7, 11) is 0. The van der Waals surface area contributed by atoms with Gasteiger partial charge in [-0.2, -0.15) is 0 Å². The zero-order valence-corrected chi connectivity index (χ0v) is 11.0. The SMILES string of the molecule is CCCNC(CCSc1nc(C)co1)C(N)=O. The van der Waals surface area contributed by atoms with Crippen molar-refractivity contribution in [3.8, 4) is 0 Å². The second-order valence-corrected chi connectivity index (χ2v) is 4.85. The van der Waals surface area contributed by atoms with E-state index in [1.807, 2.05) is 6.92 Å². The number of aryl methyl sites for hydroxylation is 1. The summed E-state index contributed by atoms with van der Waals surface area (Å²) in [5.41, 5.74) is 6.18. The number of thioether (sulfide) groups is 1. The third-order valence-electron chi connectivity index (χ3n) is 2.21. The maximum Gasteiger partial charge on any atom is 0.255 e. The number of amides is 1. The summed E-state index contributed by atoms with van der Waals surface area (Å²) >= 11 is 1.49. The largest absolute Gasteiger partial charge is 0.440 e. The van der Waals surface area contributed by atoms with Gasteiger partial charge in [0, 0.05) is 5.75 Å². The third kappa shape index (κ3) is 5.23. The molecule has 1 aromatic heterocycles. The number of oxazole rings is 1. The summed E-state index contributed by atoms with van der Waals surface area (Å²) in [5.74, 6) is 0.451. The molecule has 1 unspecified atom stereocenters. The number of carbonyl (C=O) groups is 1. The quantitative estimate of drug-likeness (QED) is 0.686. The number of hydrogen-bond acceptors (Lipinski definition) is 5. The van der Waals surface area contributed by atoms with Crippen LogP contribution in [0.2, 0.25) is 0 Å². The van der Waals surface area contributed by atoms with Crippen LogP contribution in [0.15, 0.2) is 15.9 Å². The van der Waals surface area contributed by atoms with E-state index in [4.69, 9.17) is 10.2 Å². The summed E-state index contributed by atoms with van der Waals surface area (Å²) in [6.07, 6.45) is 3.28. The van der Waals surface area contributed by atoms with E-state index in [-0.39, 0.29) is 11.9 Å². The van der Waals surface area contributed by atoms with Crippen LogP contribution in [0.25, 0.3) is 0 Å². The molecule has 1 heterocycles. The number of primary amides is 1. The highest BCUT2D eigenvalue weighted by molar-refractivity contribution is 7.99. The number of nitrogens with one attached hydrogen (secondary N) is 1. The molecule has 0 aromatic carbocycles. The fourth-order valence-electron chi connectivity index (χ4n) is 1.33. The number of rotatable bonds is 8. The van der Waals surface area contributed by atoms with Crippen LogP contribution >= 0.6 is 11.8 Å². The number of nitrogens with two attached hydrogens (primary N) is 1. The van der Waals surface area contributed by atoms with Crippen LogP contribution in [-0.2, 0) is 4.79 Å². The number of aromatic nitrogens is 1. The van der Waals surface area contributed by atoms with E-state index in [0.717, 1.165) is 24.4 Å². The minimum absolute atomic E-state index is 0.265. The Morgan fingerprint density at radius 1 is 1.71 bits per heavy atom. The van der Waals surface area contributed by atoms with Gasteiger partial charge in [0.05, 0.1) is 11.7 Å². The first-order valence-electron chi connectivity index (χ1n) is 5.71. The van der Waals surface area contributed by atoms with Gasteiger partial charge < -0.3 is 15.5 Å². The Morgan fingerprint density at radius 3 is 3.00 bits per heavy atom. The lowest BCUT2D eigenvalue weighted by molar-refractivity contribution is -0.120. The van der Waals surface area contributed by atoms with Gasteiger partial charge in [0.25, 0.3) is 5.22 Å². The average Bonchev–Trinajstić information content (AvgIpc) is 2.68. The standard InChI is InChI=1S/C11H19N3O2S/c1-3-5-13-9(10(12)15)4-6-17-11-14-8(2)7-16-11/h7,9,13H,3-6H2,1-2H3,(H2,12,15). The minimum Gasteiger partial charge on any atom is -0.440 e. The van der Waals surface area contributed by atoms with Crippen LogP contribution in [0.1, 0.15) is 25.5 Å². The third-order valence-corrected chi connectivity index (χ3v) is 3.09. The van der Waals surface area contributed by atoms with Gasteiger partial charge in [-0.05, 0) is 26.3 Å². The lowest BCUT2D eigenvalue weighted by atomic mass is 10.2. The highest BCUT2D eigenvalue weighted by Gasteiger charge is 2.14. The Labute approximate surface area is 106 Å². The van der Waals surface area contributed by atoms with E-state index in [2.05, 4.69) is 17.2 Å². The molecular weight excluding hydrogens is 238 g/mol. The lowest BCUT2D eigenvalue weighted by Gasteiger charge is -2.13. The first-order valence-corrected chi connectivity index (χ1v) is 6.69. The van der Waals surface area contributed by atoms with E-state index in [9.17, 15) is 4.79 Å². The Bertz CT molecular complexity index is 354. The van der Waals surface area contributed by atoms with Gasteiger partial charge in [-0.25, -0.2) is 4.98 Å². The van der Waals surface area contributed by atoms with E-state index < -0.39 is 0 Å². The van der Waals surface area contributed by atoms with Gasteiger partial charge in [-0.3, -0.25) is 4.79 Å². The molecule has 0 bridgehead atoms. The molecule has 0 saturated heterocycles. The molecular formula is C11H19N3O2S. The molecule has 17 heavy (non-hydrogen) atoms. The van der Waals surface area contributed by atoms with Crippen molar-refractivity contribution in [1.29, 1.82) is 0 Å². The topological polar surface area (TPSA) is 81.2 Å². The van der Waals surface area contributed by atoms with Crippen LogP contribution in [0.4, 0.5) is 0 Å². The second kappa shape index (κ2) is 7.34. The molecule has 3 N–H and O–H groups in total. The van der Waals surface area contributed by atoms with Crippen molar-refractivity contribution in [2.24, 2.45) is 5.73 Å².